The minimum absolute atomic E-state index is 0.253. The van der Waals surface area contributed by atoms with E-state index in [1.807, 2.05) is 97.1 Å². The fraction of sp³-hybridized carbons (Fsp3) is 0.0370. The smallest absolute Gasteiger partial charge is 0.268 e. The molecule has 0 bridgehead atoms. The first kappa shape index (κ1) is 21.4. The third-order valence-corrected chi connectivity index (χ3v) is 6.64. The van der Waals surface area contributed by atoms with E-state index >= 15 is 0 Å². The van der Waals surface area contributed by atoms with Gasteiger partial charge in [-0.1, -0.05) is 84.0 Å². The highest BCUT2D eigenvalue weighted by Crippen LogP contribution is 2.45. The molecule has 1 amide bonds. The van der Waals surface area contributed by atoms with Crippen molar-refractivity contribution < 1.29 is 4.79 Å². The number of amides is 1. The maximum absolute atomic E-state index is 13.5. The summed E-state index contributed by atoms with van der Waals surface area (Å²) in [6.07, 6.45) is 0. The number of aromatic nitrogens is 1. The average Bonchev–Trinajstić information content (AvgIpc) is 3.27. The highest BCUT2D eigenvalue weighted by molar-refractivity contribution is 7.21. The van der Waals surface area contributed by atoms with Crippen molar-refractivity contribution in [1.29, 1.82) is 0 Å². The number of hydrogen-bond donors (Lipinski definition) is 0. The molecule has 5 rings (SSSR count). The molecule has 0 aliphatic rings. The van der Waals surface area contributed by atoms with E-state index in [4.69, 9.17) is 4.98 Å². The number of pyridine rings is 1. The predicted molar refractivity (Wildman–Crippen MR) is 138 cm³/mol. The molecular weight excluding hydrogens is 442 g/mol. The topological polar surface area (TPSA) is 82.0 Å². The third-order valence-electron chi connectivity index (χ3n) is 5.58. The van der Waals surface area contributed by atoms with Gasteiger partial charge in [-0.25, -0.2) is 4.98 Å². The van der Waals surface area contributed by atoms with Crippen molar-refractivity contribution >= 4 is 38.8 Å². The van der Waals surface area contributed by atoms with E-state index < -0.39 is 0 Å². The van der Waals surface area contributed by atoms with Crippen LogP contribution in [0.2, 0.25) is 0 Å². The Morgan fingerprint density at radius 3 is 2.12 bits per heavy atom. The van der Waals surface area contributed by atoms with Crippen molar-refractivity contribution in [3.8, 4) is 22.4 Å². The minimum Gasteiger partial charge on any atom is -0.311 e. The normalized spacial score (nSPS) is 10.6. The molecule has 34 heavy (non-hydrogen) atoms. The van der Waals surface area contributed by atoms with Crippen LogP contribution in [-0.2, 0) is 0 Å². The molecule has 0 saturated carbocycles. The monoisotopic (exact) mass is 461 g/mol. The quantitative estimate of drug-likeness (QED) is 0.152. The number of azide groups is 1. The SMILES string of the molecule is CN(C(=O)c1sc2nc(-c3ccccc3)cc(-c3ccccc3)c2c1N=[N+]=[N-])c1ccccc1. The second kappa shape index (κ2) is 9.19. The Labute approximate surface area is 200 Å². The van der Waals surface area contributed by atoms with Crippen LogP contribution in [-0.4, -0.2) is 17.9 Å². The standard InChI is InChI=1S/C27H19N5OS/c1-32(20-15-9-4-10-16-20)27(33)25-24(30-31-28)23-21(18-11-5-2-6-12-18)17-22(29-26(23)34-25)19-13-7-3-8-14-19/h2-17H,1H3. The van der Waals surface area contributed by atoms with Crippen LogP contribution in [0.3, 0.4) is 0 Å². The number of rotatable bonds is 5. The summed E-state index contributed by atoms with van der Waals surface area (Å²) in [5.41, 5.74) is 14.0. The molecule has 0 unspecified atom stereocenters. The van der Waals surface area contributed by atoms with Gasteiger partial charge in [0, 0.05) is 28.6 Å². The molecule has 0 atom stereocenters. The summed E-state index contributed by atoms with van der Waals surface area (Å²) in [5.74, 6) is -0.253. The number of hydrogen-bond acceptors (Lipinski definition) is 4. The summed E-state index contributed by atoms with van der Waals surface area (Å²) in [6, 6.07) is 31.1. The van der Waals surface area contributed by atoms with Gasteiger partial charge in [0.15, 0.2) is 0 Å². The van der Waals surface area contributed by atoms with Crippen LogP contribution < -0.4 is 4.90 Å². The second-order valence-electron chi connectivity index (χ2n) is 7.64. The molecule has 0 spiro atoms. The van der Waals surface area contributed by atoms with E-state index in [0.717, 1.165) is 28.1 Å². The minimum atomic E-state index is -0.253. The van der Waals surface area contributed by atoms with Gasteiger partial charge in [0.2, 0.25) is 0 Å². The summed E-state index contributed by atoms with van der Waals surface area (Å²) < 4.78 is 0. The summed E-state index contributed by atoms with van der Waals surface area (Å²) in [5, 5.41) is 4.66. The van der Waals surface area contributed by atoms with Gasteiger partial charge < -0.3 is 4.90 Å². The molecule has 0 N–H and O–H groups in total. The molecule has 3 aromatic carbocycles. The van der Waals surface area contributed by atoms with Crippen molar-refractivity contribution in [3.63, 3.8) is 0 Å². The molecule has 0 aliphatic heterocycles. The molecule has 164 valence electrons. The van der Waals surface area contributed by atoms with E-state index in [0.29, 0.717) is 20.8 Å². The van der Waals surface area contributed by atoms with E-state index in [1.165, 1.54) is 11.3 Å². The van der Waals surface area contributed by atoms with Crippen molar-refractivity contribution in [2.24, 2.45) is 5.11 Å². The molecule has 0 fully saturated rings. The lowest BCUT2D eigenvalue weighted by Crippen LogP contribution is -2.25. The van der Waals surface area contributed by atoms with Gasteiger partial charge in [-0.2, -0.15) is 0 Å². The predicted octanol–water partition coefficient (Wildman–Crippen LogP) is 7.85. The lowest BCUT2D eigenvalue weighted by atomic mass is 9.99. The van der Waals surface area contributed by atoms with Crippen LogP contribution in [0.15, 0.2) is 102 Å². The molecule has 0 radical (unpaired) electrons. The first-order chi connectivity index (χ1) is 16.7. The summed E-state index contributed by atoms with van der Waals surface area (Å²) >= 11 is 1.25. The van der Waals surface area contributed by atoms with Crippen molar-refractivity contribution in [2.75, 3.05) is 11.9 Å². The fourth-order valence-corrected chi connectivity index (χ4v) is 5.00. The molecule has 7 heteroatoms. The zero-order chi connectivity index (χ0) is 23.5. The van der Waals surface area contributed by atoms with E-state index in [1.54, 1.807) is 11.9 Å². The zero-order valence-corrected chi connectivity index (χ0v) is 19.1. The van der Waals surface area contributed by atoms with Crippen molar-refractivity contribution in [1.82, 2.24) is 4.98 Å². The van der Waals surface area contributed by atoms with E-state index in [2.05, 4.69) is 10.0 Å². The van der Waals surface area contributed by atoms with Crippen LogP contribution >= 0.6 is 11.3 Å². The average molecular weight is 462 g/mol. The van der Waals surface area contributed by atoms with Gasteiger partial charge in [-0.15, -0.1) is 11.3 Å². The van der Waals surface area contributed by atoms with Gasteiger partial charge >= 0.3 is 0 Å². The zero-order valence-electron chi connectivity index (χ0n) is 18.3. The van der Waals surface area contributed by atoms with Gasteiger partial charge in [0.05, 0.1) is 11.4 Å². The number of carbonyl (C=O) groups excluding carboxylic acids is 1. The maximum atomic E-state index is 13.5. The molecule has 0 saturated heterocycles. The molecule has 2 heterocycles. The number of anilines is 1. The van der Waals surface area contributed by atoms with Crippen molar-refractivity contribution in [3.05, 3.63) is 112 Å². The van der Waals surface area contributed by atoms with Gasteiger partial charge in [-0.05, 0) is 34.9 Å². The molecule has 2 aromatic heterocycles. The number of benzene rings is 3. The van der Waals surface area contributed by atoms with Crippen LogP contribution in [0.1, 0.15) is 9.67 Å². The highest BCUT2D eigenvalue weighted by atomic mass is 32.1. The Bertz CT molecular complexity index is 1530. The number of carbonyl (C=O) groups is 1. The number of thiophene rings is 1. The molecular formula is C27H19N5OS. The first-order valence-corrected chi connectivity index (χ1v) is 11.5. The Hall–Kier alpha value is -4.45. The van der Waals surface area contributed by atoms with Crippen LogP contribution in [0, 0.1) is 0 Å². The lowest BCUT2D eigenvalue weighted by molar-refractivity contribution is 0.0997. The van der Waals surface area contributed by atoms with E-state index in [-0.39, 0.29) is 5.91 Å². The Kier molecular flexibility index (Phi) is 5.79. The number of fused-ring (bicyclic) bond motifs is 1. The van der Waals surface area contributed by atoms with Crippen molar-refractivity contribution in [2.45, 2.75) is 0 Å². The fourth-order valence-electron chi connectivity index (χ4n) is 3.89. The van der Waals surface area contributed by atoms with E-state index in [9.17, 15) is 10.3 Å². The summed E-state index contributed by atoms with van der Waals surface area (Å²) in [6.45, 7) is 0. The Morgan fingerprint density at radius 2 is 1.50 bits per heavy atom. The second-order valence-corrected chi connectivity index (χ2v) is 8.64. The molecule has 5 aromatic rings. The maximum Gasteiger partial charge on any atom is 0.268 e. The Morgan fingerprint density at radius 1 is 0.912 bits per heavy atom. The highest BCUT2D eigenvalue weighted by Gasteiger charge is 2.25. The first-order valence-electron chi connectivity index (χ1n) is 10.6. The lowest BCUT2D eigenvalue weighted by Gasteiger charge is -2.16. The van der Waals surface area contributed by atoms with Crippen LogP contribution in [0.5, 0.6) is 0 Å². The largest absolute Gasteiger partial charge is 0.311 e. The van der Waals surface area contributed by atoms with Crippen LogP contribution in [0.25, 0.3) is 43.0 Å². The summed E-state index contributed by atoms with van der Waals surface area (Å²) in [7, 11) is 1.71. The third kappa shape index (κ3) is 3.90. The summed E-state index contributed by atoms with van der Waals surface area (Å²) in [4.78, 5) is 24.0. The molecule has 0 aliphatic carbocycles. The Balaban J connectivity index is 1.78. The van der Waals surface area contributed by atoms with Gasteiger partial charge in [0.25, 0.3) is 5.91 Å². The molecule has 6 nitrogen and oxygen atoms in total. The van der Waals surface area contributed by atoms with Gasteiger partial charge in [-0.3, -0.25) is 4.79 Å². The number of nitrogens with zero attached hydrogens (tertiary/aromatic N) is 5. The van der Waals surface area contributed by atoms with Crippen LogP contribution in [0.4, 0.5) is 11.4 Å². The number of para-hydroxylation sites is 1. The van der Waals surface area contributed by atoms with Gasteiger partial charge in [0.1, 0.15) is 9.71 Å².